The monoisotopic (exact) mass is 470 g/mol. The fourth-order valence-electron chi connectivity index (χ4n) is 4.53. The van der Waals surface area contributed by atoms with E-state index in [2.05, 4.69) is 26.7 Å². The number of benzene rings is 1. The molecule has 0 saturated heterocycles. The van der Waals surface area contributed by atoms with Crippen LogP contribution in [0, 0.1) is 0 Å². The zero-order valence-electron chi connectivity index (χ0n) is 18.2. The van der Waals surface area contributed by atoms with E-state index in [9.17, 15) is 13.5 Å². The summed E-state index contributed by atoms with van der Waals surface area (Å²) in [5.74, 6) is 2.81. The van der Waals surface area contributed by atoms with Crippen LogP contribution in [0.4, 0.5) is 0 Å². The minimum Gasteiger partial charge on any atom is -0.395 e. The van der Waals surface area contributed by atoms with Gasteiger partial charge >= 0.3 is 0 Å². The van der Waals surface area contributed by atoms with E-state index in [0.29, 0.717) is 17.7 Å². The van der Waals surface area contributed by atoms with Crippen molar-refractivity contribution in [3.05, 3.63) is 59.8 Å². The van der Waals surface area contributed by atoms with Gasteiger partial charge in [-0.3, -0.25) is 4.98 Å². The number of pyridine rings is 1. The summed E-state index contributed by atoms with van der Waals surface area (Å²) in [5.41, 5.74) is 2.14. The third kappa shape index (κ3) is 3.66. The maximum absolute atomic E-state index is 12.2. The molecule has 3 heterocycles. The summed E-state index contributed by atoms with van der Waals surface area (Å²) >= 11 is 1.79. The molecule has 1 N–H and O–H groups in total. The molecular weight excluding hydrogens is 444 g/mol. The van der Waals surface area contributed by atoms with Crippen LogP contribution < -0.4 is 0 Å². The van der Waals surface area contributed by atoms with Crippen LogP contribution in [0.3, 0.4) is 0 Å². The molecule has 9 heteroatoms. The van der Waals surface area contributed by atoms with Crippen molar-refractivity contribution >= 4 is 21.6 Å². The van der Waals surface area contributed by atoms with Gasteiger partial charge in [0.1, 0.15) is 11.6 Å². The van der Waals surface area contributed by atoms with Crippen molar-refractivity contribution in [2.24, 2.45) is 0 Å². The van der Waals surface area contributed by atoms with Crippen LogP contribution in [0.5, 0.6) is 0 Å². The average molecular weight is 471 g/mol. The molecule has 1 aliphatic carbocycles. The molecule has 2 aromatic heterocycles. The number of sulfone groups is 1. The first-order valence-corrected chi connectivity index (χ1v) is 13.6. The van der Waals surface area contributed by atoms with E-state index in [0.717, 1.165) is 42.4 Å². The summed E-state index contributed by atoms with van der Waals surface area (Å²) in [6.07, 6.45) is 5.73. The van der Waals surface area contributed by atoms with Gasteiger partial charge in [-0.1, -0.05) is 24.3 Å². The minimum absolute atomic E-state index is 0.116. The highest BCUT2D eigenvalue weighted by molar-refractivity contribution is 8.00. The molecule has 1 aromatic carbocycles. The molecule has 0 unspecified atom stereocenters. The van der Waals surface area contributed by atoms with Gasteiger partial charge in [-0.05, 0) is 37.5 Å². The van der Waals surface area contributed by atoms with Gasteiger partial charge in [-0.2, -0.15) is 11.8 Å². The van der Waals surface area contributed by atoms with Gasteiger partial charge in [-0.15, -0.1) is 10.2 Å². The fraction of sp³-hybridized carbons (Fsp3) is 0.435. The number of rotatable bonds is 5. The number of thioether (sulfide) groups is 1. The van der Waals surface area contributed by atoms with Gasteiger partial charge in [0.05, 0.1) is 22.6 Å². The highest BCUT2D eigenvalue weighted by Crippen LogP contribution is 2.53. The Morgan fingerprint density at radius 2 is 1.94 bits per heavy atom. The normalized spacial score (nSPS) is 22.2. The van der Waals surface area contributed by atoms with Crippen molar-refractivity contribution < 1.29 is 13.5 Å². The minimum atomic E-state index is -3.35. The molecule has 1 aliphatic heterocycles. The number of hydrogen-bond donors (Lipinski definition) is 1. The number of fused-ring (bicyclic) bond motifs is 1. The molecule has 32 heavy (non-hydrogen) atoms. The summed E-state index contributed by atoms with van der Waals surface area (Å²) in [6, 6.07) is 10.9. The third-order valence-electron chi connectivity index (χ3n) is 6.52. The largest absolute Gasteiger partial charge is 0.395 e. The molecule has 1 saturated carbocycles. The second-order valence-electron chi connectivity index (χ2n) is 9.01. The molecule has 0 radical (unpaired) electrons. The van der Waals surface area contributed by atoms with E-state index < -0.39 is 9.84 Å². The summed E-state index contributed by atoms with van der Waals surface area (Å²) < 4.78 is 26.4. The Morgan fingerprint density at radius 1 is 1.16 bits per heavy atom. The van der Waals surface area contributed by atoms with Gasteiger partial charge in [-0.25, -0.2) is 8.42 Å². The van der Waals surface area contributed by atoms with Crippen LogP contribution >= 0.6 is 11.8 Å². The summed E-state index contributed by atoms with van der Waals surface area (Å²) in [5, 5.41) is 18.9. The number of aromatic nitrogens is 4. The van der Waals surface area contributed by atoms with Crippen molar-refractivity contribution in [3.63, 3.8) is 0 Å². The Hall–Kier alpha value is -2.23. The first kappa shape index (κ1) is 21.6. The second-order valence-corrected chi connectivity index (χ2v) is 12.7. The van der Waals surface area contributed by atoms with Gasteiger partial charge < -0.3 is 9.67 Å². The van der Waals surface area contributed by atoms with E-state index in [-0.39, 0.29) is 21.7 Å². The maximum atomic E-state index is 12.2. The first-order valence-electron chi connectivity index (χ1n) is 10.7. The number of nitrogens with zero attached hydrogens (tertiary/aromatic N) is 4. The van der Waals surface area contributed by atoms with E-state index in [4.69, 9.17) is 0 Å². The van der Waals surface area contributed by atoms with E-state index in [1.165, 1.54) is 6.26 Å². The zero-order chi connectivity index (χ0) is 22.6. The number of aliphatic hydroxyl groups excluding tert-OH is 1. The lowest BCUT2D eigenvalue weighted by atomic mass is 9.95. The molecule has 2 aliphatic rings. The van der Waals surface area contributed by atoms with Gasteiger partial charge in [0, 0.05) is 41.5 Å². The molecule has 5 rings (SSSR count). The smallest absolute Gasteiger partial charge is 0.176 e. The van der Waals surface area contributed by atoms with Crippen LogP contribution in [0.1, 0.15) is 37.0 Å². The molecule has 0 bridgehead atoms. The van der Waals surface area contributed by atoms with Crippen molar-refractivity contribution in [1.29, 1.82) is 0 Å². The molecule has 168 valence electrons. The Kier molecular flexibility index (Phi) is 5.18. The average Bonchev–Trinajstić information content (AvgIpc) is 3.53. The van der Waals surface area contributed by atoms with Gasteiger partial charge in [0.2, 0.25) is 0 Å². The fourth-order valence-corrected chi connectivity index (χ4v) is 6.52. The molecule has 0 amide bonds. The van der Waals surface area contributed by atoms with Crippen LogP contribution in [0.2, 0.25) is 0 Å². The van der Waals surface area contributed by atoms with Crippen LogP contribution in [-0.2, 0) is 28.2 Å². The SMILES string of the molecule is C[C@]1(CO)Cc2nnc(C3(c4ccc(-c5ccccc5S(C)(=O)=O)nc4)CC3)n2CCS1. The number of hydrogen-bond acceptors (Lipinski definition) is 7. The molecule has 0 spiro atoms. The maximum Gasteiger partial charge on any atom is 0.176 e. The van der Waals surface area contributed by atoms with Crippen LogP contribution in [0.25, 0.3) is 11.3 Å². The molecule has 1 atom stereocenters. The Balaban J connectivity index is 1.49. The predicted molar refractivity (Wildman–Crippen MR) is 124 cm³/mol. The van der Waals surface area contributed by atoms with Crippen molar-refractivity contribution in [3.8, 4) is 11.3 Å². The lowest BCUT2D eigenvalue weighted by molar-refractivity contribution is 0.254. The highest BCUT2D eigenvalue weighted by Gasteiger charge is 2.51. The standard InChI is InChI=1S/C23H26N4O3S2/c1-22(15-28)13-20-25-26-21(27(20)11-12-31-22)23(9-10-23)16-7-8-18(24-14-16)17-5-3-4-6-19(17)32(2,29)30/h3-8,14,28H,9-13,15H2,1-2H3/t22-/m1/s1. The van der Waals surface area contributed by atoms with Gasteiger partial charge in [0.25, 0.3) is 0 Å². The van der Waals surface area contributed by atoms with Crippen LogP contribution in [-0.4, -0.2) is 56.6 Å². The predicted octanol–water partition coefficient (Wildman–Crippen LogP) is 2.86. The Labute approximate surface area is 192 Å². The number of aliphatic hydroxyl groups is 1. The molecule has 3 aromatic rings. The van der Waals surface area contributed by atoms with Crippen molar-refractivity contribution in [2.45, 2.75) is 47.8 Å². The first-order chi connectivity index (χ1) is 15.3. The zero-order valence-corrected chi connectivity index (χ0v) is 19.8. The summed E-state index contributed by atoms with van der Waals surface area (Å²) in [7, 11) is -3.35. The van der Waals surface area contributed by atoms with Gasteiger partial charge in [0.15, 0.2) is 9.84 Å². The quantitative estimate of drug-likeness (QED) is 0.612. The Bertz CT molecular complexity index is 1270. The van der Waals surface area contributed by atoms with E-state index in [1.54, 1.807) is 30.0 Å². The topological polar surface area (TPSA) is 98.0 Å². The van der Waals surface area contributed by atoms with E-state index >= 15 is 0 Å². The molecule has 1 fully saturated rings. The molecule has 7 nitrogen and oxygen atoms in total. The second kappa shape index (κ2) is 7.67. The lowest BCUT2D eigenvalue weighted by Crippen LogP contribution is -2.28. The Morgan fingerprint density at radius 3 is 2.59 bits per heavy atom. The third-order valence-corrected chi connectivity index (χ3v) is 9.03. The van der Waals surface area contributed by atoms with Crippen molar-refractivity contribution in [2.75, 3.05) is 18.6 Å². The van der Waals surface area contributed by atoms with E-state index in [1.807, 2.05) is 24.4 Å². The highest BCUT2D eigenvalue weighted by atomic mass is 32.2. The lowest BCUT2D eigenvalue weighted by Gasteiger charge is -2.23. The summed E-state index contributed by atoms with van der Waals surface area (Å²) in [4.78, 5) is 4.93. The van der Waals surface area contributed by atoms with Crippen molar-refractivity contribution in [1.82, 2.24) is 19.7 Å². The molecular formula is C23H26N4O3S2. The summed E-state index contributed by atoms with van der Waals surface area (Å²) in [6.45, 7) is 3.02. The van der Waals surface area contributed by atoms with Crippen LogP contribution in [0.15, 0.2) is 47.5 Å².